The van der Waals surface area contributed by atoms with E-state index in [9.17, 15) is 9.59 Å². The first-order chi connectivity index (χ1) is 17.6. The average molecular weight is 481 g/mol. The van der Waals surface area contributed by atoms with Crippen molar-refractivity contribution in [1.82, 2.24) is 9.97 Å². The van der Waals surface area contributed by atoms with E-state index in [4.69, 9.17) is 4.74 Å². The highest BCUT2D eigenvalue weighted by Crippen LogP contribution is 2.40. The first kappa shape index (κ1) is 22.5. The van der Waals surface area contributed by atoms with Gasteiger partial charge in [-0.3, -0.25) is 9.59 Å². The number of carbonyl (C=O) groups excluding carboxylic acids is 2. The van der Waals surface area contributed by atoms with Gasteiger partial charge >= 0.3 is 0 Å². The minimum absolute atomic E-state index is 0.0200. The Morgan fingerprint density at radius 3 is 2.36 bits per heavy atom. The monoisotopic (exact) mass is 480 g/mol. The van der Waals surface area contributed by atoms with Crippen LogP contribution in [-0.2, 0) is 9.59 Å². The van der Waals surface area contributed by atoms with Crippen molar-refractivity contribution in [3.63, 3.8) is 0 Å². The molecule has 3 saturated carbocycles. The van der Waals surface area contributed by atoms with Gasteiger partial charge in [-0.1, -0.05) is 11.8 Å². The smallest absolute Gasteiger partial charge is 0.228 e. The predicted octanol–water partition coefficient (Wildman–Crippen LogP) is 4.56. The Hall–Kier alpha value is -3.92. The summed E-state index contributed by atoms with van der Waals surface area (Å²) < 4.78 is 6.04. The van der Waals surface area contributed by atoms with E-state index < -0.39 is 0 Å². The molecule has 2 N–H and O–H groups in total. The van der Waals surface area contributed by atoms with Gasteiger partial charge < -0.3 is 15.4 Å². The summed E-state index contributed by atoms with van der Waals surface area (Å²) >= 11 is 0. The number of ketones is 1. The lowest BCUT2D eigenvalue weighted by molar-refractivity contribution is -0.129. The molecule has 7 nitrogen and oxygen atoms in total. The van der Waals surface area contributed by atoms with E-state index in [2.05, 4.69) is 32.4 Å². The highest BCUT2D eigenvalue weighted by atomic mass is 16.5. The van der Waals surface area contributed by atoms with Gasteiger partial charge in [0.2, 0.25) is 5.91 Å². The maximum atomic E-state index is 12.2. The fraction of sp³-hybridized carbons (Fsp3) is 0.379. The second-order valence-electron chi connectivity index (χ2n) is 10.0. The summed E-state index contributed by atoms with van der Waals surface area (Å²) in [5.41, 5.74) is 1.62. The molecule has 3 aliphatic carbocycles. The Balaban J connectivity index is 1.16. The lowest BCUT2D eigenvalue weighted by Gasteiger charge is -2.34. The van der Waals surface area contributed by atoms with E-state index in [-0.39, 0.29) is 23.8 Å². The van der Waals surface area contributed by atoms with Gasteiger partial charge in [0, 0.05) is 53.5 Å². The minimum Gasteiger partial charge on any atom is -0.490 e. The molecule has 7 heteroatoms. The van der Waals surface area contributed by atoms with Crippen molar-refractivity contribution in [2.75, 3.05) is 17.7 Å². The average Bonchev–Trinajstić information content (AvgIpc) is 3.77. The van der Waals surface area contributed by atoms with Gasteiger partial charge in [-0.15, -0.1) is 0 Å². The van der Waals surface area contributed by atoms with E-state index in [0.717, 1.165) is 66.2 Å². The SMILES string of the molecule is CNc1ncc(C#Cc2ccc(OC3CC(C(=O)C4CC4)C3)cc2)c2cc(NC(=O)C3CC3)ncc12. The number of anilines is 2. The Bertz CT molecular complexity index is 1390. The zero-order valence-electron chi connectivity index (χ0n) is 20.2. The molecule has 3 aliphatic rings. The van der Waals surface area contributed by atoms with E-state index in [1.54, 1.807) is 12.4 Å². The number of pyridine rings is 2. The van der Waals surface area contributed by atoms with Crippen molar-refractivity contribution < 1.29 is 14.3 Å². The van der Waals surface area contributed by atoms with Crippen LogP contribution in [0.4, 0.5) is 11.6 Å². The predicted molar refractivity (Wildman–Crippen MR) is 138 cm³/mol. The summed E-state index contributed by atoms with van der Waals surface area (Å²) in [6.07, 6.45) is 9.27. The van der Waals surface area contributed by atoms with Crippen LogP contribution in [0.5, 0.6) is 5.75 Å². The minimum atomic E-state index is 0.0200. The largest absolute Gasteiger partial charge is 0.490 e. The van der Waals surface area contributed by atoms with E-state index >= 15 is 0 Å². The van der Waals surface area contributed by atoms with Gasteiger partial charge in [-0.25, -0.2) is 9.97 Å². The summed E-state index contributed by atoms with van der Waals surface area (Å²) in [5.74, 6) is 9.57. The molecular weight excluding hydrogens is 452 g/mol. The fourth-order valence-electron chi connectivity index (χ4n) is 4.62. The third kappa shape index (κ3) is 4.76. The number of ether oxygens (including phenoxy) is 1. The highest BCUT2D eigenvalue weighted by molar-refractivity contribution is 5.99. The normalized spacial score (nSPS) is 20.6. The number of rotatable bonds is 7. The Morgan fingerprint density at radius 2 is 1.67 bits per heavy atom. The van der Waals surface area contributed by atoms with Crippen molar-refractivity contribution in [2.24, 2.45) is 17.8 Å². The van der Waals surface area contributed by atoms with Crippen LogP contribution in [0.1, 0.15) is 49.7 Å². The first-order valence-corrected chi connectivity index (χ1v) is 12.7. The molecule has 1 amide bonds. The molecule has 0 radical (unpaired) electrons. The number of hydrogen-bond acceptors (Lipinski definition) is 6. The summed E-state index contributed by atoms with van der Waals surface area (Å²) in [5, 5.41) is 7.72. The molecule has 2 heterocycles. The standard InChI is InChI=1S/C29H28N4O3/c1-30-28-25-16-31-26(33-29(35)19-8-9-19)14-24(25)20(15-32-28)5-2-17-3-10-22(11-4-17)36-23-12-21(13-23)27(34)18-6-7-18/h3-4,10-11,14-16,18-19,21,23H,6-9,12-13H2,1H3,(H,30,32)(H,31,33,35). The van der Waals surface area contributed by atoms with Crippen LogP contribution < -0.4 is 15.4 Å². The molecule has 0 unspecified atom stereocenters. The molecule has 182 valence electrons. The molecule has 2 aromatic heterocycles. The number of amides is 1. The molecule has 3 fully saturated rings. The summed E-state index contributed by atoms with van der Waals surface area (Å²) in [7, 11) is 1.81. The van der Waals surface area contributed by atoms with Crippen LogP contribution in [0.15, 0.2) is 42.7 Å². The maximum absolute atomic E-state index is 12.2. The molecule has 0 atom stereocenters. The molecule has 0 bridgehead atoms. The van der Waals surface area contributed by atoms with Crippen molar-refractivity contribution in [3.05, 3.63) is 53.9 Å². The zero-order valence-corrected chi connectivity index (χ0v) is 20.2. The number of aromatic nitrogens is 2. The number of benzene rings is 1. The van der Waals surface area contributed by atoms with Crippen LogP contribution in [-0.4, -0.2) is 34.8 Å². The molecule has 3 aromatic rings. The van der Waals surface area contributed by atoms with Gasteiger partial charge in [0.05, 0.1) is 5.56 Å². The third-order valence-electron chi connectivity index (χ3n) is 7.18. The third-order valence-corrected chi connectivity index (χ3v) is 7.18. The Morgan fingerprint density at radius 1 is 0.917 bits per heavy atom. The van der Waals surface area contributed by atoms with Gasteiger partial charge in [-0.05, 0) is 68.9 Å². The molecule has 0 saturated heterocycles. The van der Waals surface area contributed by atoms with Crippen molar-refractivity contribution in [2.45, 2.75) is 44.6 Å². The molecular formula is C29H28N4O3. The van der Waals surface area contributed by atoms with Crippen LogP contribution in [0.2, 0.25) is 0 Å². The van der Waals surface area contributed by atoms with Crippen LogP contribution in [0.25, 0.3) is 10.8 Å². The second kappa shape index (κ2) is 9.27. The molecule has 36 heavy (non-hydrogen) atoms. The number of carbonyl (C=O) groups is 2. The summed E-state index contributed by atoms with van der Waals surface area (Å²) in [6, 6.07) is 9.59. The molecule has 6 rings (SSSR count). The number of nitrogens with zero attached hydrogens (tertiary/aromatic N) is 2. The van der Waals surface area contributed by atoms with Crippen LogP contribution in [0.3, 0.4) is 0 Å². The Kier molecular flexibility index (Phi) is 5.80. The fourth-order valence-corrected chi connectivity index (χ4v) is 4.62. The lowest BCUT2D eigenvalue weighted by Crippen LogP contribution is -2.38. The number of Topliss-reactive ketones (excluding diaryl/α,β-unsaturated/α-hetero) is 1. The van der Waals surface area contributed by atoms with Gasteiger partial charge in [0.15, 0.2) is 0 Å². The highest BCUT2D eigenvalue weighted by Gasteiger charge is 2.42. The maximum Gasteiger partial charge on any atom is 0.228 e. The van der Waals surface area contributed by atoms with Crippen LogP contribution in [0, 0.1) is 29.6 Å². The summed E-state index contributed by atoms with van der Waals surface area (Å²) in [4.78, 5) is 33.2. The molecule has 1 aromatic carbocycles. The zero-order chi connectivity index (χ0) is 24.6. The first-order valence-electron chi connectivity index (χ1n) is 12.7. The number of fused-ring (bicyclic) bond motifs is 1. The Labute approximate surface area is 210 Å². The van der Waals surface area contributed by atoms with Gasteiger partial charge in [0.1, 0.15) is 29.3 Å². The summed E-state index contributed by atoms with van der Waals surface area (Å²) in [6.45, 7) is 0. The number of hydrogen-bond donors (Lipinski definition) is 2. The molecule has 0 aliphatic heterocycles. The number of nitrogens with one attached hydrogen (secondary N) is 2. The lowest BCUT2D eigenvalue weighted by atomic mass is 9.78. The van der Waals surface area contributed by atoms with E-state index in [1.807, 2.05) is 37.4 Å². The van der Waals surface area contributed by atoms with Gasteiger partial charge in [-0.2, -0.15) is 0 Å². The topological polar surface area (TPSA) is 93.2 Å². The van der Waals surface area contributed by atoms with Crippen LogP contribution >= 0.6 is 0 Å². The molecule has 0 spiro atoms. The quantitative estimate of drug-likeness (QED) is 0.482. The van der Waals surface area contributed by atoms with Gasteiger partial charge in [0.25, 0.3) is 0 Å². The van der Waals surface area contributed by atoms with E-state index in [1.165, 1.54) is 0 Å². The van der Waals surface area contributed by atoms with Crippen molar-refractivity contribution >= 4 is 34.1 Å². The van der Waals surface area contributed by atoms with E-state index in [0.29, 0.717) is 23.3 Å². The van der Waals surface area contributed by atoms with Crippen molar-refractivity contribution in [1.29, 1.82) is 0 Å². The second-order valence-corrected chi connectivity index (χ2v) is 10.0. The van der Waals surface area contributed by atoms with Crippen molar-refractivity contribution in [3.8, 4) is 17.6 Å².